The lowest BCUT2D eigenvalue weighted by Crippen LogP contribution is -2.45. The van der Waals surface area contributed by atoms with Gasteiger partial charge in [0.1, 0.15) is 6.10 Å². The fourth-order valence-electron chi connectivity index (χ4n) is 2.33. The summed E-state index contributed by atoms with van der Waals surface area (Å²) in [7, 11) is 0. The van der Waals surface area contributed by atoms with Gasteiger partial charge >= 0.3 is 6.18 Å². The van der Waals surface area contributed by atoms with E-state index in [9.17, 15) is 18.0 Å². The number of benzene rings is 1. The van der Waals surface area contributed by atoms with E-state index < -0.39 is 17.8 Å². The molecule has 2 N–H and O–H groups in total. The van der Waals surface area contributed by atoms with Gasteiger partial charge in [0.2, 0.25) is 0 Å². The third kappa shape index (κ3) is 4.69. The van der Waals surface area contributed by atoms with E-state index >= 15 is 0 Å². The van der Waals surface area contributed by atoms with Crippen molar-refractivity contribution in [2.24, 2.45) is 0 Å². The van der Waals surface area contributed by atoms with Crippen LogP contribution in [0, 0.1) is 0 Å². The van der Waals surface area contributed by atoms with Crippen molar-refractivity contribution in [3.8, 4) is 11.3 Å². The maximum atomic E-state index is 13.1. The number of alkyl halides is 3. The van der Waals surface area contributed by atoms with E-state index in [1.165, 1.54) is 23.6 Å². The SMILES string of the molecule is Cl.O=C(Nc1nc(-c2ccccc2C(F)(F)F)cs1)C1CNCCO1. The molecule has 1 atom stereocenters. The zero-order valence-corrected chi connectivity index (χ0v) is 14.4. The molecule has 0 aliphatic carbocycles. The molecule has 5 nitrogen and oxygen atoms in total. The zero-order chi connectivity index (χ0) is 17.2. The lowest BCUT2D eigenvalue weighted by Gasteiger charge is -2.22. The summed E-state index contributed by atoms with van der Waals surface area (Å²) in [6.07, 6.45) is -5.10. The number of nitrogens with one attached hydrogen (secondary N) is 2. The number of halogens is 4. The van der Waals surface area contributed by atoms with Crippen LogP contribution in [-0.4, -0.2) is 36.7 Å². The molecule has 0 spiro atoms. The summed E-state index contributed by atoms with van der Waals surface area (Å²) in [5.74, 6) is -0.368. The normalized spacial score (nSPS) is 17.6. The van der Waals surface area contributed by atoms with Gasteiger partial charge in [0.05, 0.1) is 17.9 Å². The number of thiazole rings is 1. The first-order valence-corrected chi connectivity index (χ1v) is 8.08. The molecule has 1 aromatic heterocycles. The summed E-state index contributed by atoms with van der Waals surface area (Å²) in [5.41, 5.74) is -0.601. The van der Waals surface area contributed by atoms with E-state index in [-0.39, 0.29) is 34.7 Å². The van der Waals surface area contributed by atoms with Gasteiger partial charge in [-0.2, -0.15) is 13.2 Å². The molecule has 10 heteroatoms. The van der Waals surface area contributed by atoms with E-state index in [0.717, 1.165) is 17.4 Å². The molecule has 2 aromatic rings. The van der Waals surface area contributed by atoms with Crippen molar-refractivity contribution < 1.29 is 22.7 Å². The molecule has 3 rings (SSSR count). The quantitative estimate of drug-likeness (QED) is 0.840. The van der Waals surface area contributed by atoms with E-state index in [1.807, 2.05) is 0 Å². The van der Waals surface area contributed by atoms with Crippen LogP contribution < -0.4 is 10.6 Å². The number of morpholine rings is 1. The van der Waals surface area contributed by atoms with Crippen LogP contribution >= 0.6 is 23.7 Å². The molecule has 1 aromatic carbocycles. The molecule has 25 heavy (non-hydrogen) atoms. The first-order valence-electron chi connectivity index (χ1n) is 7.20. The van der Waals surface area contributed by atoms with Crippen LogP contribution in [0.15, 0.2) is 29.6 Å². The second-order valence-electron chi connectivity index (χ2n) is 5.13. The smallest absolute Gasteiger partial charge is 0.366 e. The summed E-state index contributed by atoms with van der Waals surface area (Å²) in [5, 5.41) is 7.33. The van der Waals surface area contributed by atoms with E-state index in [0.29, 0.717) is 19.7 Å². The monoisotopic (exact) mass is 393 g/mol. The highest BCUT2D eigenvalue weighted by Crippen LogP contribution is 2.37. The van der Waals surface area contributed by atoms with E-state index in [4.69, 9.17) is 4.74 Å². The number of aromatic nitrogens is 1. The molecule has 1 fully saturated rings. The summed E-state index contributed by atoms with van der Waals surface area (Å²) < 4.78 is 44.5. The molecule has 0 saturated carbocycles. The molecule has 0 radical (unpaired) electrons. The van der Waals surface area contributed by atoms with Gasteiger partial charge in [-0.25, -0.2) is 4.98 Å². The predicted molar refractivity (Wildman–Crippen MR) is 91.0 cm³/mol. The number of hydrogen-bond acceptors (Lipinski definition) is 5. The lowest BCUT2D eigenvalue weighted by atomic mass is 10.1. The molecular weight excluding hydrogens is 379 g/mol. The number of carbonyl (C=O) groups is 1. The van der Waals surface area contributed by atoms with Gasteiger partial charge in [-0.3, -0.25) is 10.1 Å². The van der Waals surface area contributed by atoms with Gasteiger partial charge < -0.3 is 10.1 Å². The number of ether oxygens (including phenoxy) is 1. The van der Waals surface area contributed by atoms with Crippen LogP contribution in [0.5, 0.6) is 0 Å². The number of amides is 1. The molecule has 1 aliphatic heterocycles. The van der Waals surface area contributed by atoms with Gasteiger partial charge in [0.15, 0.2) is 5.13 Å². The Morgan fingerprint density at radius 1 is 1.36 bits per heavy atom. The first kappa shape index (κ1) is 19.6. The third-order valence-electron chi connectivity index (χ3n) is 3.46. The average molecular weight is 394 g/mol. The minimum Gasteiger partial charge on any atom is -0.366 e. The predicted octanol–water partition coefficient (Wildman–Crippen LogP) is 3.18. The topological polar surface area (TPSA) is 63.2 Å². The molecule has 0 bridgehead atoms. The second kappa shape index (κ2) is 8.13. The van der Waals surface area contributed by atoms with Crippen LogP contribution in [0.1, 0.15) is 5.56 Å². The Morgan fingerprint density at radius 3 is 2.80 bits per heavy atom. The summed E-state index contributed by atoms with van der Waals surface area (Å²) >= 11 is 1.07. The second-order valence-corrected chi connectivity index (χ2v) is 5.99. The fraction of sp³-hybridized carbons (Fsp3) is 0.333. The Balaban J connectivity index is 0.00000225. The van der Waals surface area contributed by atoms with Crippen molar-refractivity contribution >= 4 is 34.8 Å². The average Bonchev–Trinajstić information content (AvgIpc) is 3.03. The molecular formula is C15H15ClF3N3O2S. The van der Waals surface area contributed by atoms with Crippen molar-refractivity contribution in [2.75, 3.05) is 25.0 Å². The standard InChI is InChI=1S/C15H14F3N3O2S.ClH/c16-15(17,18)10-4-2-1-3-9(10)11-8-24-14(20-11)21-13(22)12-7-19-5-6-23-12;/h1-4,8,12,19H,5-7H2,(H,20,21,22);1H. The van der Waals surface area contributed by atoms with Gasteiger partial charge in [-0.05, 0) is 6.07 Å². The number of nitrogens with zero attached hydrogens (tertiary/aromatic N) is 1. The van der Waals surface area contributed by atoms with Crippen molar-refractivity contribution in [3.05, 3.63) is 35.2 Å². The number of hydrogen-bond donors (Lipinski definition) is 2. The van der Waals surface area contributed by atoms with Gasteiger partial charge in [0, 0.05) is 24.0 Å². The molecule has 1 unspecified atom stereocenters. The molecule has 1 saturated heterocycles. The zero-order valence-electron chi connectivity index (χ0n) is 12.8. The Labute approximate surface area is 152 Å². The minimum absolute atomic E-state index is 0. The highest BCUT2D eigenvalue weighted by atomic mass is 35.5. The number of anilines is 1. The number of carbonyl (C=O) groups excluding carboxylic acids is 1. The van der Waals surface area contributed by atoms with Gasteiger partial charge in [0.25, 0.3) is 5.91 Å². The Morgan fingerprint density at radius 2 is 2.12 bits per heavy atom. The molecule has 136 valence electrons. The van der Waals surface area contributed by atoms with Crippen molar-refractivity contribution in [1.29, 1.82) is 0 Å². The molecule has 1 aliphatic rings. The van der Waals surface area contributed by atoms with Crippen LogP contribution in [0.3, 0.4) is 0 Å². The summed E-state index contributed by atoms with van der Waals surface area (Å²) in [6.45, 7) is 1.50. The van der Waals surface area contributed by atoms with Crippen LogP contribution in [-0.2, 0) is 15.7 Å². The maximum Gasteiger partial charge on any atom is 0.417 e. The van der Waals surface area contributed by atoms with Crippen LogP contribution in [0.4, 0.5) is 18.3 Å². The fourth-order valence-corrected chi connectivity index (χ4v) is 3.04. The van der Waals surface area contributed by atoms with Gasteiger partial charge in [-0.1, -0.05) is 18.2 Å². The Hall–Kier alpha value is -1.68. The summed E-state index contributed by atoms with van der Waals surface area (Å²) in [4.78, 5) is 16.2. The maximum absolute atomic E-state index is 13.1. The Kier molecular flexibility index (Phi) is 6.39. The minimum atomic E-state index is -4.47. The van der Waals surface area contributed by atoms with Crippen molar-refractivity contribution in [3.63, 3.8) is 0 Å². The van der Waals surface area contributed by atoms with E-state index in [2.05, 4.69) is 15.6 Å². The highest BCUT2D eigenvalue weighted by Gasteiger charge is 2.34. The van der Waals surface area contributed by atoms with Crippen molar-refractivity contribution in [2.45, 2.75) is 12.3 Å². The van der Waals surface area contributed by atoms with E-state index in [1.54, 1.807) is 0 Å². The van der Waals surface area contributed by atoms with Crippen LogP contribution in [0.25, 0.3) is 11.3 Å². The molecule has 2 heterocycles. The third-order valence-corrected chi connectivity index (χ3v) is 4.22. The number of rotatable bonds is 3. The van der Waals surface area contributed by atoms with Gasteiger partial charge in [-0.15, -0.1) is 23.7 Å². The molecule has 1 amide bonds. The largest absolute Gasteiger partial charge is 0.417 e. The highest BCUT2D eigenvalue weighted by molar-refractivity contribution is 7.14. The first-order chi connectivity index (χ1) is 11.4. The van der Waals surface area contributed by atoms with Crippen molar-refractivity contribution in [1.82, 2.24) is 10.3 Å². The van der Waals surface area contributed by atoms with Crippen LogP contribution in [0.2, 0.25) is 0 Å². The Bertz CT molecular complexity index is 733. The summed E-state index contributed by atoms with van der Waals surface area (Å²) in [6, 6.07) is 5.21. The lowest BCUT2D eigenvalue weighted by molar-refractivity contribution is -0.137.